The molecular weight excluding hydrogens is 420 g/mol. The summed E-state index contributed by atoms with van der Waals surface area (Å²) in [5.74, 6) is -0.833. The van der Waals surface area contributed by atoms with E-state index in [1.54, 1.807) is 54.6 Å². The van der Waals surface area contributed by atoms with Gasteiger partial charge in [0.1, 0.15) is 5.70 Å². The van der Waals surface area contributed by atoms with Crippen molar-refractivity contribution in [1.29, 1.82) is 0 Å². The van der Waals surface area contributed by atoms with E-state index in [-0.39, 0.29) is 11.4 Å². The quantitative estimate of drug-likeness (QED) is 0.321. The van der Waals surface area contributed by atoms with E-state index < -0.39 is 17.8 Å². The Kier molecular flexibility index (Phi) is 7.60. The summed E-state index contributed by atoms with van der Waals surface area (Å²) in [5.41, 5.74) is 2.52. The molecule has 0 atom stereocenters. The molecule has 0 heterocycles. The number of rotatable bonds is 7. The first-order valence-electron chi connectivity index (χ1n) is 10.2. The molecule has 0 spiro atoms. The lowest BCUT2D eigenvalue weighted by Gasteiger charge is -2.13. The SMILES string of the molecule is COc1cc(/C=C(/NC(=O)c2ccccc2)C(=O)Nc2ccccc2C)ccc1OC(C)=O. The summed E-state index contributed by atoms with van der Waals surface area (Å²) in [6.45, 7) is 3.17. The van der Waals surface area contributed by atoms with Crippen LogP contribution in [0, 0.1) is 6.92 Å². The van der Waals surface area contributed by atoms with E-state index >= 15 is 0 Å². The van der Waals surface area contributed by atoms with Gasteiger partial charge in [-0.05, 0) is 54.5 Å². The van der Waals surface area contributed by atoms with Gasteiger partial charge in [0.15, 0.2) is 11.5 Å². The summed E-state index contributed by atoms with van der Waals surface area (Å²) in [6, 6.07) is 20.7. The molecule has 3 aromatic carbocycles. The second kappa shape index (κ2) is 10.8. The summed E-state index contributed by atoms with van der Waals surface area (Å²) < 4.78 is 10.4. The number of amides is 2. The second-order valence-electron chi connectivity index (χ2n) is 7.15. The average molecular weight is 444 g/mol. The Labute approximate surface area is 192 Å². The summed E-state index contributed by atoms with van der Waals surface area (Å²) in [7, 11) is 1.44. The fourth-order valence-electron chi connectivity index (χ4n) is 3.02. The Hall–Kier alpha value is -4.39. The van der Waals surface area contributed by atoms with Gasteiger partial charge in [-0.3, -0.25) is 14.4 Å². The van der Waals surface area contributed by atoms with Gasteiger partial charge in [-0.2, -0.15) is 0 Å². The number of benzene rings is 3. The normalized spacial score (nSPS) is 10.8. The third kappa shape index (κ3) is 6.30. The molecular formula is C26H24N2O5. The Morgan fingerprint density at radius 1 is 0.879 bits per heavy atom. The second-order valence-corrected chi connectivity index (χ2v) is 7.15. The van der Waals surface area contributed by atoms with Crippen molar-refractivity contribution in [3.05, 3.63) is 95.2 Å². The van der Waals surface area contributed by atoms with Crippen LogP contribution in [0.25, 0.3) is 6.08 Å². The lowest BCUT2D eigenvalue weighted by Crippen LogP contribution is -2.30. The monoisotopic (exact) mass is 444 g/mol. The van der Waals surface area contributed by atoms with Gasteiger partial charge in [-0.25, -0.2) is 0 Å². The zero-order valence-corrected chi connectivity index (χ0v) is 18.5. The summed E-state index contributed by atoms with van der Waals surface area (Å²) in [4.78, 5) is 37.2. The average Bonchev–Trinajstić information content (AvgIpc) is 2.81. The Bertz CT molecular complexity index is 1200. The molecule has 0 aromatic heterocycles. The van der Waals surface area contributed by atoms with Crippen molar-refractivity contribution in [3.8, 4) is 11.5 Å². The van der Waals surface area contributed by atoms with Crippen molar-refractivity contribution >= 4 is 29.5 Å². The number of carbonyl (C=O) groups excluding carboxylic acids is 3. The molecule has 0 unspecified atom stereocenters. The highest BCUT2D eigenvalue weighted by Crippen LogP contribution is 2.29. The van der Waals surface area contributed by atoms with E-state index in [1.165, 1.54) is 20.1 Å². The van der Waals surface area contributed by atoms with E-state index in [4.69, 9.17) is 9.47 Å². The number of hydrogen-bond donors (Lipinski definition) is 2. The van der Waals surface area contributed by atoms with Gasteiger partial charge in [0.25, 0.3) is 11.8 Å². The number of methoxy groups -OCH3 is 1. The van der Waals surface area contributed by atoms with Crippen LogP contribution < -0.4 is 20.1 Å². The van der Waals surface area contributed by atoms with Crippen molar-refractivity contribution < 1.29 is 23.9 Å². The first-order chi connectivity index (χ1) is 15.9. The van der Waals surface area contributed by atoms with Gasteiger partial charge < -0.3 is 20.1 Å². The third-order valence-electron chi connectivity index (χ3n) is 4.67. The van der Waals surface area contributed by atoms with Crippen LogP contribution in [0.3, 0.4) is 0 Å². The zero-order valence-electron chi connectivity index (χ0n) is 18.5. The molecule has 0 aliphatic rings. The molecule has 2 amide bonds. The molecule has 0 fully saturated rings. The number of hydrogen-bond acceptors (Lipinski definition) is 5. The zero-order chi connectivity index (χ0) is 23.8. The minimum absolute atomic E-state index is 0.0365. The van der Waals surface area contributed by atoms with Gasteiger partial charge >= 0.3 is 5.97 Å². The number of nitrogens with one attached hydrogen (secondary N) is 2. The number of ether oxygens (including phenoxy) is 2. The maximum Gasteiger partial charge on any atom is 0.308 e. The Morgan fingerprint density at radius 2 is 1.58 bits per heavy atom. The number of para-hydroxylation sites is 1. The van der Waals surface area contributed by atoms with E-state index in [1.807, 2.05) is 25.1 Å². The molecule has 0 aliphatic heterocycles. The molecule has 0 saturated heterocycles. The molecule has 2 N–H and O–H groups in total. The predicted octanol–water partition coefficient (Wildman–Crippen LogP) is 4.34. The van der Waals surface area contributed by atoms with Crippen molar-refractivity contribution in [2.24, 2.45) is 0 Å². The van der Waals surface area contributed by atoms with E-state index in [0.717, 1.165) is 5.56 Å². The minimum Gasteiger partial charge on any atom is -0.493 e. The topological polar surface area (TPSA) is 93.7 Å². The summed E-state index contributed by atoms with van der Waals surface area (Å²) >= 11 is 0. The van der Waals surface area contributed by atoms with Crippen LogP contribution in [-0.4, -0.2) is 24.9 Å². The maximum atomic E-state index is 13.1. The molecule has 0 radical (unpaired) electrons. The van der Waals surface area contributed by atoms with Crippen LogP contribution in [0.2, 0.25) is 0 Å². The van der Waals surface area contributed by atoms with Crippen LogP contribution in [-0.2, 0) is 9.59 Å². The van der Waals surface area contributed by atoms with Gasteiger partial charge in [-0.1, -0.05) is 42.5 Å². The third-order valence-corrected chi connectivity index (χ3v) is 4.67. The van der Waals surface area contributed by atoms with E-state index in [0.29, 0.717) is 22.6 Å². The van der Waals surface area contributed by atoms with Crippen molar-refractivity contribution in [2.75, 3.05) is 12.4 Å². The fraction of sp³-hybridized carbons (Fsp3) is 0.115. The number of carbonyl (C=O) groups is 3. The smallest absolute Gasteiger partial charge is 0.308 e. The van der Waals surface area contributed by atoms with Gasteiger partial charge in [0.2, 0.25) is 0 Å². The number of anilines is 1. The fourth-order valence-corrected chi connectivity index (χ4v) is 3.02. The van der Waals surface area contributed by atoms with Crippen molar-refractivity contribution in [3.63, 3.8) is 0 Å². The highest BCUT2D eigenvalue weighted by atomic mass is 16.6. The molecule has 168 valence electrons. The maximum absolute atomic E-state index is 13.1. The first kappa shape index (κ1) is 23.3. The van der Waals surface area contributed by atoms with Crippen LogP contribution in [0.4, 0.5) is 5.69 Å². The van der Waals surface area contributed by atoms with Crippen LogP contribution in [0.1, 0.15) is 28.4 Å². The largest absolute Gasteiger partial charge is 0.493 e. The van der Waals surface area contributed by atoms with Gasteiger partial charge in [-0.15, -0.1) is 0 Å². The molecule has 0 saturated carbocycles. The standard InChI is InChI=1S/C26H24N2O5/c1-17-9-7-8-12-21(17)27-26(31)22(28-25(30)20-10-5-4-6-11-20)15-19-13-14-23(33-18(2)29)24(16-19)32-3/h4-16H,1-3H3,(H,27,31)(H,28,30)/b22-15+. The van der Waals surface area contributed by atoms with Gasteiger partial charge in [0.05, 0.1) is 7.11 Å². The Morgan fingerprint density at radius 3 is 2.24 bits per heavy atom. The first-order valence-corrected chi connectivity index (χ1v) is 10.2. The van der Waals surface area contributed by atoms with Crippen LogP contribution in [0.5, 0.6) is 11.5 Å². The lowest BCUT2D eigenvalue weighted by atomic mass is 10.1. The van der Waals surface area contributed by atoms with Crippen LogP contribution in [0.15, 0.2) is 78.5 Å². The molecule has 7 nitrogen and oxygen atoms in total. The highest BCUT2D eigenvalue weighted by molar-refractivity contribution is 6.10. The molecule has 3 rings (SSSR count). The highest BCUT2D eigenvalue weighted by Gasteiger charge is 2.16. The van der Waals surface area contributed by atoms with Gasteiger partial charge in [0, 0.05) is 18.2 Å². The molecule has 7 heteroatoms. The molecule has 0 bridgehead atoms. The van der Waals surface area contributed by atoms with E-state index in [2.05, 4.69) is 10.6 Å². The molecule has 0 aliphatic carbocycles. The minimum atomic E-state index is -0.489. The van der Waals surface area contributed by atoms with Crippen molar-refractivity contribution in [1.82, 2.24) is 5.32 Å². The number of aryl methyl sites for hydroxylation is 1. The molecule has 33 heavy (non-hydrogen) atoms. The lowest BCUT2D eigenvalue weighted by molar-refractivity contribution is -0.132. The summed E-state index contributed by atoms with van der Waals surface area (Å²) in [6.07, 6.45) is 1.52. The molecule has 3 aromatic rings. The van der Waals surface area contributed by atoms with Crippen LogP contribution >= 0.6 is 0 Å². The Balaban J connectivity index is 1.96. The summed E-state index contributed by atoms with van der Waals surface area (Å²) in [5, 5.41) is 5.52. The van der Waals surface area contributed by atoms with Crippen molar-refractivity contribution in [2.45, 2.75) is 13.8 Å². The predicted molar refractivity (Wildman–Crippen MR) is 126 cm³/mol. The van der Waals surface area contributed by atoms with E-state index in [9.17, 15) is 14.4 Å². The number of esters is 1.